The molecule has 166 valence electrons. The van der Waals surface area contributed by atoms with E-state index in [1.54, 1.807) is 0 Å². The summed E-state index contributed by atoms with van der Waals surface area (Å²) in [6, 6.07) is 16.1. The molecule has 8 heteroatoms. The zero-order chi connectivity index (χ0) is 22.9. The molecule has 7 nitrogen and oxygen atoms in total. The molecule has 0 saturated carbocycles. The molecule has 0 unspecified atom stereocenters. The molecule has 2 heterocycles. The Hall–Kier alpha value is -3.26. The third-order valence-electron chi connectivity index (χ3n) is 5.69. The summed E-state index contributed by atoms with van der Waals surface area (Å²) < 4.78 is 25.7. The fourth-order valence-corrected chi connectivity index (χ4v) is 5.54. The van der Waals surface area contributed by atoms with E-state index < -0.39 is 27.2 Å². The van der Waals surface area contributed by atoms with Crippen LogP contribution in [-0.4, -0.2) is 46.6 Å². The van der Waals surface area contributed by atoms with E-state index in [4.69, 9.17) is 0 Å². The molecular formula is C24H25N3O4S. The fourth-order valence-electron chi connectivity index (χ4n) is 3.81. The Kier molecular flexibility index (Phi) is 5.97. The van der Waals surface area contributed by atoms with Crippen molar-refractivity contribution in [3.05, 3.63) is 93.4 Å². The van der Waals surface area contributed by atoms with E-state index in [9.17, 15) is 18.0 Å². The molecule has 0 bridgehead atoms. The Balaban J connectivity index is 1.71. The van der Waals surface area contributed by atoms with Crippen molar-refractivity contribution in [2.75, 3.05) is 11.5 Å². The van der Waals surface area contributed by atoms with Crippen molar-refractivity contribution in [2.24, 2.45) is 0 Å². The molecule has 1 aliphatic heterocycles. The van der Waals surface area contributed by atoms with Crippen LogP contribution in [0.5, 0.6) is 0 Å². The summed E-state index contributed by atoms with van der Waals surface area (Å²) in [7, 11) is -3.22. The third-order valence-corrected chi connectivity index (χ3v) is 7.44. The van der Waals surface area contributed by atoms with Crippen LogP contribution in [0.15, 0.2) is 65.6 Å². The quantitative estimate of drug-likeness (QED) is 0.595. The van der Waals surface area contributed by atoms with E-state index >= 15 is 0 Å². The smallest absolute Gasteiger partial charge is 0.278 e. The van der Waals surface area contributed by atoms with E-state index in [0.717, 1.165) is 22.4 Å². The summed E-state index contributed by atoms with van der Waals surface area (Å²) >= 11 is 0. The maximum atomic E-state index is 13.5. The molecule has 0 aliphatic carbocycles. The number of hydrogen-bond donors (Lipinski definition) is 0. The van der Waals surface area contributed by atoms with Gasteiger partial charge in [-0.1, -0.05) is 47.5 Å². The predicted octanol–water partition coefficient (Wildman–Crippen LogP) is 2.68. The van der Waals surface area contributed by atoms with E-state index in [-0.39, 0.29) is 23.7 Å². The van der Waals surface area contributed by atoms with Crippen LogP contribution in [0, 0.1) is 13.8 Å². The summed E-state index contributed by atoms with van der Waals surface area (Å²) in [5.74, 6) is -0.631. The van der Waals surface area contributed by atoms with Gasteiger partial charge in [-0.2, -0.15) is 5.10 Å². The molecule has 0 radical (unpaired) electrons. The predicted molar refractivity (Wildman–Crippen MR) is 123 cm³/mol. The highest BCUT2D eigenvalue weighted by Crippen LogP contribution is 2.22. The van der Waals surface area contributed by atoms with Gasteiger partial charge in [0.05, 0.1) is 17.2 Å². The normalized spacial score (nSPS) is 17.2. The standard InChI is InChI=1S/C24H25N3O4S/c1-17-3-7-19(8-4-17)15-26(21-12-14-32(30,31)16-21)24(29)23-22(28)11-13-27(25-23)20-9-5-18(2)6-10-20/h3-11,13,21H,12,14-16H2,1-2H3/t21-/m0/s1. The number of carbonyl (C=O) groups is 1. The van der Waals surface area contributed by atoms with Crippen molar-refractivity contribution < 1.29 is 13.2 Å². The first-order chi connectivity index (χ1) is 15.2. The number of hydrogen-bond acceptors (Lipinski definition) is 5. The zero-order valence-corrected chi connectivity index (χ0v) is 18.9. The molecule has 1 aromatic heterocycles. The highest BCUT2D eigenvalue weighted by Gasteiger charge is 2.36. The van der Waals surface area contributed by atoms with Gasteiger partial charge in [0.25, 0.3) is 5.91 Å². The van der Waals surface area contributed by atoms with Gasteiger partial charge in [-0.15, -0.1) is 0 Å². The molecule has 1 amide bonds. The highest BCUT2D eigenvalue weighted by atomic mass is 32.2. The topological polar surface area (TPSA) is 89.3 Å². The first-order valence-electron chi connectivity index (χ1n) is 10.5. The van der Waals surface area contributed by atoms with E-state index in [0.29, 0.717) is 6.42 Å². The van der Waals surface area contributed by atoms with Gasteiger partial charge >= 0.3 is 0 Å². The lowest BCUT2D eigenvalue weighted by Crippen LogP contribution is -2.43. The maximum absolute atomic E-state index is 13.5. The van der Waals surface area contributed by atoms with Crippen LogP contribution in [-0.2, 0) is 16.4 Å². The minimum Gasteiger partial charge on any atom is -0.329 e. The van der Waals surface area contributed by atoms with Crippen LogP contribution >= 0.6 is 0 Å². The van der Waals surface area contributed by atoms with Crippen LogP contribution < -0.4 is 5.43 Å². The molecule has 1 fully saturated rings. The molecule has 0 spiro atoms. The van der Waals surface area contributed by atoms with Gasteiger partial charge in [0, 0.05) is 24.8 Å². The Morgan fingerprint density at radius 1 is 1.03 bits per heavy atom. The number of amides is 1. The van der Waals surface area contributed by atoms with Crippen molar-refractivity contribution in [3.63, 3.8) is 0 Å². The molecule has 3 aromatic rings. The summed E-state index contributed by atoms with van der Waals surface area (Å²) in [4.78, 5) is 27.6. The van der Waals surface area contributed by atoms with Crippen LogP contribution in [0.1, 0.15) is 33.6 Å². The van der Waals surface area contributed by atoms with Crippen molar-refractivity contribution >= 4 is 15.7 Å². The van der Waals surface area contributed by atoms with Crippen LogP contribution in [0.25, 0.3) is 5.69 Å². The van der Waals surface area contributed by atoms with Crippen molar-refractivity contribution in [1.29, 1.82) is 0 Å². The average Bonchev–Trinajstić information content (AvgIpc) is 3.13. The summed E-state index contributed by atoms with van der Waals surface area (Å²) in [5, 5.41) is 4.32. The highest BCUT2D eigenvalue weighted by molar-refractivity contribution is 7.91. The van der Waals surface area contributed by atoms with E-state index in [1.807, 2.05) is 62.4 Å². The molecule has 2 aromatic carbocycles. The molecule has 1 saturated heterocycles. The second-order valence-corrected chi connectivity index (χ2v) is 10.5. The van der Waals surface area contributed by atoms with Gasteiger partial charge in [-0.05, 0) is 38.0 Å². The lowest BCUT2D eigenvalue weighted by Gasteiger charge is -2.28. The van der Waals surface area contributed by atoms with Crippen molar-refractivity contribution in [2.45, 2.75) is 32.9 Å². The second-order valence-electron chi connectivity index (χ2n) is 8.28. The number of sulfone groups is 1. The molecule has 1 atom stereocenters. The van der Waals surface area contributed by atoms with E-state index in [1.165, 1.54) is 21.8 Å². The number of aryl methyl sites for hydroxylation is 2. The Labute approximate surface area is 187 Å². The van der Waals surface area contributed by atoms with Crippen LogP contribution in [0.3, 0.4) is 0 Å². The van der Waals surface area contributed by atoms with Gasteiger partial charge in [-0.3, -0.25) is 9.59 Å². The monoisotopic (exact) mass is 451 g/mol. The number of rotatable bonds is 5. The lowest BCUT2D eigenvalue weighted by molar-refractivity contribution is 0.0671. The second kappa shape index (κ2) is 8.70. The molecule has 4 rings (SSSR count). The number of carbonyl (C=O) groups excluding carboxylic acids is 1. The number of benzene rings is 2. The average molecular weight is 452 g/mol. The Morgan fingerprint density at radius 2 is 1.66 bits per heavy atom. The molecule has 32 heavy (non-hydrogen) atoms. The van der Waals surface area contributed by atoms with Gasteiger partial charge in [-0.25, -0.2) is 13.1 Å². The zero-order valence-electron chi connectivity index (χ0n) is 18.1. The number of aromatic nitrogens is 2. The van der Waals surface area contributed by atoms with Crippen LogP contribution in [0.2, 0.25) is 0 Å². The first kappa shape index (κ1) is 22.0. The maximum Gasteiger partial charge on any atom is 0.278 e. The summed E-state index contributed by atoms with van der Waals surface area (Å²) in [5.41, 5.74) is 3.04. The minimum absolute atomic E-state index is 0.0329. The fraction of sp³-hybridized carbons (Fsp3) is 0.292. The molecule has 0 N–H and O–H groups in total. The minimum atomic E-state index is -3.22. The largest absolute Gasteiger partial charge is 0.329 e. The molecular weight excluding hydrogens is 426 g/mol. The first-order valence-corrected chi connectivity index (χ1v) is 12.3. The summed E-state index contributed by atoms with van der Waals surface area (Å²) in [6.45, 7) is 4.15. The Morgan fingerprint density at radius 3 is 2.25 bits per heavy atom. The lowest BCUT2D eigenvalue weighted by atomic mass is 10.1. The SMILES string of the molecule is Cc1ccc(CN(C(=O)c2nn(-c3ccc(C)cc3)ccc2=O)[C@H]2CCS(=O)(=O)C2)cc1. The number of nitrogens with zero attached hydrogens (tertiary/aromatic N) is 3. The Bertz CT molecular complexity index is 1300. The molecule has 1 aliphatic rings. The van der Waals surface area contributed by atoms with Crippen molar-refractivity contribution in [3.8, 4) is 5.69 Å². The van der Waals surface area contributed by atoms with Crippen LogP contribution in [0.4, 0.5) is 0 Å². The van der Waals surface area contributed by atoms with E-state index in [2.05, 4.69) is 5.10 Å². The van der Waals surface area contributed by atoms with Gasteiger partial charge < -0.3 is 4.90 Å². The van der Waals surface area contributed by atoms with Gasteiger partial charge in [0.15, 0.2) is 15.5 Å². The summed E-state index contributed by atoms with van der Waals surface area (Å²) in [6.07, 6.45) is 1.87. The third kappa shape index (κ3) is 4.80. The van der Waals surface area contributed by atoms with Gasteiger partial charge in [0.1, 0.15) is 0 Å². The van der Waals surface area contributed by atoms with Gasteiger partial charge in [0.2, 0.25) is 5.43 Å². The van der Waals surface area contributed by atoms with Crippen molar-refractivity contribution in [1.82, 2.24) is 14.7 Å².